The second-order valence-electron chi connectivity index (χ2n) is 8.21. The van der Waals surface area contributed by atoms with E-state index in [1.54, 1.807) is 17.3 Å². The van der Waals surface area contributed by atoms with Crippen LogP contribution in [0, 0.1) is 11.8 Å². The van der Waals surface area contributed by atoms with Gasteiger partial charge in [-0.2, -0.15) is 0 Å². The number of hydrogen-bond donors (Lipinski definition) is 0. The van der Waals surface area contributed by atoms with Gasteiger partial charge in [-0.3, -0.25) is 0 Å². The Kier molecular flexibility index (Phi) is 32.3. The predicted octanol–water partition coefficient (Wildman–Crippen LogP) is 12.5. The van der Waals surface area contributed by atoms with E-state index in [9.17, 15) is 0 Å². The minimum Gasteiger partial charge on any atom is -0.106 e. The summed E-state index contributed by atoms with van der Waals surface area (Å²) in [7, 11) is 0. The van der Waals surface area contributed by atoms with Crippen LogP contribution in [0.5, 0.6) is 0 Å². The highest BCUT2D eigenvalue weighted by Gasteiger charge is 2.13. The molecular weight excluding hydrogens is 416 g/mol. The number of unbranched alkanes of at least 4 members (excludes halogenated alkanes) is 2. The SMILES string of the molecule is C=CS/C=C(\C)C(=CCC)C(CC)CCCC.CC.CC.CCCCC1C=CC(C)=CCC1. The summed E-state index contributed by atoms with van der Waals surface area (Å²) in [6.07, 6.45) is 22.5. The molecule has 2 unspecified atom stereocenters. The average Bonchev–Trinajstić information content (AvgIpc) is 3.07. The molecule has 0 bridgehead atoms. The maximum atomic E-state index is 3.75. The Labute approximate surface area is 215 Å². The molecule has 0 spiro atoms. The molecule has 0 N–H and O–H groups in total. The highest BCUT2D eigenvalue weighted by Crippen LogP contribution is 2.29. The van der Waals surface area contributed by atoms with E-state index in [0.717, 1.165) is 18.3 Å². The first-order valence-electron chi connectivity index (χ1n) is 14.0. The molecule has 0 saturated heterocycles. The molecule has 2 atom stereocenters. The van der Waals surface area contributed by atoms with E-state index in [-0.39, 0.29) is 0 Å². The summed E-state index contributed by atoms with van der Waals surface area (Å²) in [5.41, 5.74) is 4.41. The van der Waals surface area contributed by atoms with E-state index in [4.69, 9.17) is 0 Å². The third-order valence-electron chi connectivity index (χ3n) is 5.62. The molecule has 0 saturated carbocycles. The van der Waals surface area contributed by atoms with Gasteiger partial charge in [-0.05, 0) is 86.2 Å². The second-order valence-corrected chi connectivity index (χ2v) is 9.05. The lowest BCUT2D eigenvalue weighted by Crippen LogP contribution is -2.04. The topological polar surface area (TPSA) is 0 Å². The van der Waals surface area contributed by atoms with Crippen molar-refractivity contribution >= 4 is 11.8 Å². The summed E-state index contributed by atoms with van der Waals surface area (Å²) in [6.45, 7) is 25.2. The van der Waals surface area contributed by atoms with Crippen LogP contribution in [0.2, 0.25) is 0 Å². The Hall–Kier alpha value is -0.950. The Morgan fingerprint density at radius 2 is 1.73 bits per heavy atom. The van der Waals surface area contributed by atoms with Crippen molar-refractivity contribution in [3.8, 4) is 0 Å². The van der Waals surface area contributed by atoms with Gasteiger partial charge in [-0.25, -0.2) is 0 Å². The third-order valence-corrected chi connectivity index (χ3v) is 6.30. The minimum atomic E-state index is 0.733. The van der Waals surface area contributed by atoms with E-state index in [0.29, 0.717) is 0 Å². The predicted molar refractivity (Wildman–Crippen MR) is 161 cm³/mol. The molecule has 0 fully saturated rings. The molecule has 1 aliphatic rings. The van der Waals surface area contributed by atoms with Crippen molar-refractivity contribution in [1.29, 1.82) is 0 Å². The summed E-state index contributed by atoms with van der Waals surface area (Å²) >= 11 is 1.68. The van der Waals surface area contributed by atoms with E-state index in [1.165, 1.54) is 68.9 Å². The van der Waals surface area contributed by atoms with Gasteiger partial charge in [-0.15, -0.1) is 11.8 Å². The van der Waals surface area contributed by atoms with Gasteiger partial charge in [0.15, 0.2) is 0 Å². The lowest BCUT2D eigenvalue weighted by molar-refractivity contribution is 0.518. The van der Waals surface area contributed by atoms with Crippen LogP contribution in [0.1, 0.15) is 133 Å². The first-order chi connectivity index (χ1) is 16.0. The van der Waals surface area contributed by atoms with Crippen LogP contribution in [0.3, 0.4) is 0 Å². The standard InChI is InChI=1S/C16H28S.C12H20.2C2H6/c1-6-10-12-15(8-3)16(11-7-2)14(5)13-17-9-4;1-3-4-7-12-8-5-6-11(2)9-10-12;2*1-2/h9,11,13,15H,4,6-8,10,12H2,1-3,5H3;6,9-10,12H,3-5,7-8H2,1-2H3;2*1-2H3/b14-13+,16-11?;;;. The molecule has 0 aromatic heterocycles. The van der Waals surface area contributed by atoms with Crippen LogP contribution < -0.4 is 0 Å². The number of hydrogen-bond acceptors (Lipinski definition) is 1. The fourth-order valence-electron chi connectivity index (χ4n) is 3.80. The Morgan fingerprint density at radius 3 is 2.24 bits per heavy atom. The summed E-state index contributed by atoms with van der Waals surface area (Å²) in [4.78, 5) is 0. The molecule has 0 nitrogen and oxygen atoms in total. The zero-order valence-electron chi connectivity index (χ0n) is 24.3. The van der Waals surface area contributed by atoms with Gasteiger partial charge in [0.05, 0.1) is 0 Å². The fraction of sp³-hybridized carbons (Fsp3) is 0.688. The molecule has 0 aliphatic heterocycles. The number of allylic oxidation sites excluding steroid dienone is 7. The van der Waals surface area contributed by atoms with E-state index in [2.05, 4.69) is 77.8 Å². The Bertz CT molecular complexity index is 533. The van der Waals surface area contributed by atoms with Gasteiger partial charge in [0.1, 0.15) is 0 Å². The van der Waals surface area contributed by atoms with Crippen molar-refractivity contribution in [1.82, 2.24) is 0 Å². The van der Waals surface area contributed by atoms with Gasteiger partial charge in [0.25, 0.3) is 0 Å². The van der Waals surface area contributed by atoms with Gasteiger partial charge in [0.2, 0.25) is 0 Å². The summed E-state index contributed by atoms with van der Waals surface area (Å²) in [5.74, 6) is 1.58. The smallest absolute Gasteiger partial charge is 0.0165 e. The van der Waals surface area contributed by atoms with Crippen LogP contribution in [-0.4, -0.2) is 0 Å². The molecule has 0 radical (unpaired) electrons. The Balaban J connectivity index is -0.000000491. The number of thioether (sulfide) groups is 1. The van der Waals surface area contributed by atoms with Crippen molar-refractivity contribution in [2.45, 2.75) is 133 Å². The molecule has 1 aliphatic carbocycles. The van der Waals surface area contributed by atoms with E-state index >= 15 is 0 Å². The zero-order valence-corrected chi connectivity index (χ0v) is 25.1. The van der Waals surface area contributed by atoms with Crippen molar-refractivity contribution in [2.24, 2.45) is 11.8 Å². The van der Waals surface area contributed by atoms with Gasteiger partial charge >= 0.3 is 0 Å². The number of rotatable bonds is 12. The van der Waals surface area contributed by atoms with Crippen LogP contribution in [-0.2, 0) is 0 Å². The maximum Gasteiger partial charge on any atom is -0.0165 e. The average molecular weight is 477 g/mol. The van der Waals surface area contributed by atoms with E-state index < -0.39 is 0 Å². The summed E-state index contributed by atoms with van der Waals surface area (Å²) < 4.78 is 0. The monoisotopic (exact) mass is 476 g/mol. The molecule has 1 heteroatoms. The molecular formula is C32H60S. The zero-order chi connectivity index (χ0) is 25.9. The summed E-state index contributed by atoms with van der Waals surface area (Å²) in [5, 5.41) is 4.11. The molecule has 0 aromatic carbocycles. The highest BCUT2D eigenvalue weighted by molar-refractivity contribution is 8.04. The lowest BCUT2D eigenvalue weighted by Gasteiger charge is -2.19. The molecule has 0 heterocycles. The van der Waals surface area contributed by atoms with Crippen LogP contribution in [0.15, 0.2) is 58.4 Å². The quantitative estimate of drug-likeness (QED) is 0.252. The summed E-state index contributed by atoms with van der Waals surface area (Å²) in [6, 6.07) is 0. The van der Waals surface area contributed by atoms with Crippen molar-refractivity contribution in [3.63, 3.8) is 0 Å². The molecule has 0 aromatic rings. The van der Waals surface area contributed by atoms with Crippen LogP contribution >= 0.6 is 11.8 Å². The van der Waals surface area contributed by atoms with Crippen molar-refractivity contribution in [3.05, 3.63) is 58.4 Å². The maximum absolute atomic E-state index is 3.75. The fourth-order valence-corrected chi connectivity index (χ4v) is 4.24. The van der Waals surface area contributed by atoms with Crippen LogP contribution in [0.4, 0.5) is 0 Å². The first kappa shape index (κ1) is 36.6. The minimum absolute atomic E-state index is 0.733. The molecule has 0 amide bonds. The second kappa shape index (κ2) is 29.1. The third kappa shape index (κ3) is 21.3. The van der Waals surface area contributed by atoms with E-state index in [1.807, 2.05) is 33.1 Å². The van der Waals surface area contributed by atoms with Crippen molar-refractivity contribution in [2.75, 3.05) is 0 Å². The molecule has 194 valence electrons. The van der Waals surface area contributed by atoms with Gasteiger partial charge in [0, 0.05) is 0 Å². The lowest BCUT2D eigenvalue weighted by atomic mass is 9.87. The van der Waals surface area contributed by atoms with Gasteiger partial charge in [-0.1, -0.05) is 118 Å². The van der Waals surface area contributed by atoms with Crippen LogP contribution in [0.25, 0.3) is 0 Å². The van der Waals surface area contributed by atoms with Gasteiger partial charge < -0.3 is 0 Å². The molecule has 1 rings (SSSR count). The largest absolute Gasteiger partial charge is 0.106 e. The van der Waals surface area contributed by atoms with Crippen molar-refractivity contribution < 1.29 is 0 Å². The molecule has 33 heavy (non-hydrogen) atoms. The first-order valence-corrected chi connectivity index (χ1v) is 15.0. The Morgan fingerprint density at radius 1 is 1.09 bits per heavy atom. The highest BCUT2D eigenvalue weighted by atomic mass is 32.2. The normalized spacial score (nSPS) is 16.5.